The molecule has 2 saturated heterocycles. The number of likely N-dealkylation sites (tertiary alicyclic amines) is 1. The third-order valence-corrected chi connectivity index (χ3v) is 4.30. The predicted octanol–water partition coefficient (Wildman–Crippen LogP) is 0.310. The normalized spacial score (nSPS) is 33.1. The summed E-state index contributed by atoms with van der Waals surface area (Å²) in [6.07, 6.45) is 1.11. The van der Waals surface area contributed by atoms with Crippen LogP contribution in [-0.2, 0) is 9.59 Å². The molecule has 2 fully saturated rings. The van der Waals surface area contributed by atoms with E-state index in [1.54, 1.807) is 4.90 Å². The van der Waals surface area contributed by atoms with Gasteiger partial charge < -0.3 is 15.1 Å². The molecule has 108 valence electrons. The van der Waals surface area contributed by atoms with E-state index >= 15 is 0 Å². The van der Waals surface area contributed by atoms with E-state index in [4.69, 9.17) is 0 Å². The Bertz CT molecular complexity index is 370. The Labute approximate surface area is 115 Å². The minimum Gasteiger partial charge on any atom is -0.342 e. The zero-order valence-electron chi connectivity index (χ0n) is 12.3. The SMILES string of the molecule is CC(C)C1NC(=O)C(C)N(CC2CCN(C)C2)C1=O. The fraction of sp³-hybridized carbons (Fsp3) is 0.857. The first-order valence-electron chi connectivity index (χ1n) is 7.19. The number of hydrogen-bond acceptors (Lipinski definition) is 3. The van der Waals surface area contributed by atoms with Gasteiger partial charge in [-0.1, -0.05) is 13.8 Å². The summed E-state index contributed by atoms with van der Waals surface area (Å²) in [5, 5.41) is 2.84. The Morgan fingerprint density at radius 3 is 2.58 bits per heavy atom. The van der Waals surface area contributed by atoms with E-state index < -0.39 is 0 Å². The van der Waals surface area contributed by atoms with Crippen molar-refractivity contribution in [1.82, 2.24) is 15.1 Å². The molecule has 0 aromatic rings. The van der Waals surface area contributed by atoms with Gasteiger partial charge in [-0.2, -0.15) is 0 Å². The summed E-state index contributed by atoms with van der Waals surface area (Å²) in [6, 6.07) is -0.698. The third kappa shape index (κ3) is 2.91. The van der Waals surface area contributed by atoms with Gasteiger partial charge in [0.15, 0.2) is 0 Å². The van der Waals surface area contributed by atoms with Crippen molar-refractivity contribution in [3.8, 4) is 0 Å². The van der Waals surface area contributed by atoms with Crippen molar-refractivity contribution in [1.29, 1.82) is 0 Å². The molecule has 0 saturated carbocycles. The standard InChI is InChI=1S/C14H25N3O2/c1-9(2)12-14(19)17(10(3)13(18)15-12)8-11-5-6-16(4)7-11/h9-12H,5-8H2,1-4H3,(H,15,18). The Balaban J connectivity index is 2.07. The number of piperazine rings is 1. The maximum Gasteiger partial charge on any atom is 0.246 e. The van der Waals surface area contributed by atoms with Crippen LogP contribution in [0.5, 0.6) is 0 Å². The number of amides is 2. The molecule has 19 heavy (non-hydrogen) atoms. The Kier molecular flexibility index (Phi) is 4.13. The smallest absolute Gasteiger partial charge is 0.246 e. The van der Waals surface area contributed by atoms with Crippen LogP contribution in [0.15, 0.2) is 0 Å². The Morgan fingerprint density at radius 1 is 1.37 bits per heavy atom. The maximum atomic E-state index is 12.5. The number of nitrogens with zero attached hydrogens (tertiary/aromatic N) is 2. The minimum atomic E-state index is -0.358. The van der Waals surface area contributed by atoms with E-state index in [0.29, 0.717) is 12.5 Å². The van der Waals surface area contributed by atoms with Gasteiger partial charge in [-0.05, 0) is 38.8 Å². The molecule has 3 unspecified atom stereocenters. The van der Waals surface area contributed by atoms with Gasteiger partial charge in [0.1, 0.15) is 12.1 Å². The lowest BCUT2D eigenvalue weighted by Gasteiger charge is -2.40. The number of hydrogen-bond donors (Lipinski definition) is 1. The molecule has 2 aliphatic rings. The molecule has 0 aliphatic carbocycles. The lowest BCUT2D eigenvalue weighted by atomic mass is 9.97. The molecule has 5 nitrogen and oxygen atoms in total. The second kappa shape index (κ2) is 5.49. The summed E-state index contributed by atoms with van der Waals surface area (Å²) in [6.45, 7) is 8.58. The fourth-order valence-electron chi connectivity index (χ4n) is 3.00. The largest absolute Gasteiger partial charge is 0.342 e. The number of carbonyl (C=O) groups is 2. The maximum absolute atomic E-state index is 12.5. The Hall–Kier alpha value is -1.10. The van der Waals surface area contributed by atoms with Crippen molar-refractivity contribution in [3.05, 3.63) is 0 Å². The molecule has 2 amide bonds. The Morgan fingerprint density at radius 2 is 2.05 bits per heavy atom. The van der Waals surface area contributed by atoms with Crippen LogP contribution >= 0.6 is 0 Å². The first-order chi connectivity index (χ1) is 8.90. The second-order valence-corrected chi connectivity index (χ2v) is 6.31. The average Bonchev–Trinajstić information content (AvgIpc) is 2.74. The molecule has 2 rings (SSSR count). The third-order valence-electron chi connectivity index (χ3n) is 4.30. The van der Waals surface area contributed by atoms with E-state index in [2.05, 4.69) is 17.3 Å². The highest BCUT2D eigenvalue weighted by atomic mass is 16.2. The van der Waals surface area contributed by atoms with Crippen molar-refractivity contribution in [2.45, 2.75) is 39.3 Å². The molecule has 3 atom stereocenters. The number of rotatable bonds is 3. The van der Waals surface area contributed by atoms with Crippen LogP contribution in [0.4, 0.5) is 0 Å². The predicted molar refractivity (Wildman–Crippen MR) is 73.5 cm³/mol. The van der Waals surface area contributed by atoms with Crippen molar-refractivity contribution < 1.29 is 9.59 Å². The summed E-state index contributed by atoms with van der Waals surface area (Å²) in [7, 11) is 2.10. The fourth-order valence-corrected chi connectivity index (χ4v) is 3.00. The first-order valence-corrected chi connectivity index (χ1v) is 7.19. The minimum absolute atomic E-state index is 0.0235. The van der Waals surface area contributed by atoms with Gasteiger partial charge in [0.05, 0.1) is 0 Å². The number of carbonyl (C=O) groups excluding carboxylic acids is 2. The molecule has 2 aliphatic heterocycles. The van der Waals surface area contributed by atoms with Gasteiger partial charge in [-0.25, -0.2) is 0 Å². The molecule has 0 bridgehead atoms. The zero-order valence-corrected chi connectivity index (χ0v) is 12.3. The van der Waals surface area contributed by atoms with Crippen LogP contribution in [0.2, 0.25) is 0 Å². The van der Waals surface area contributed by atoms with Crippen LogP contribution in [-0.4, -0.2) is 60.4 Å². The van der Waals surface area contributed by atoms with Gasteiger partial charge >= 0.3 is 0 Å². The molecule has 2 heterocycles. The monoisotopic (exact) mass is 267 g/mol. The molecule has 1 N–H and O–H groups in total. The lowest BCUT2D eigenvalue weighted by molar-refractivity contribution is -0.150. The topological polar surface area (TPSA) is 52.7 Å². The summed E-state index contributed by atoms with van der Waals surface area (Å²) < 4.78 is 0. The molecular formula is C14H25N3O2. The van der Waals surface area contributed by atoms with E-state index in [0.717, 1.165) is 19.5 Å². The molecule has 0 spiro atoms. The number of nitrogens with one attached hydrogen (secondary N) is 1. The molecule has 5 heteroatoms. The van der Waals surface area contributed by atoms with E-state index in [-0.39, 0.29) is 29.8 Å². The summed E-state index contributed by atoms with van der Waals surface area (Å²) in [4.78, 5) is 28.5. The molecular weight excluding hydrogens is 242 g/mol. The highest BCUT2D eigenvalue weighted by molar-refractivity contribution is 5.96. The van der Waals surface area contributed by atoms with E-state index in [9.17, 15) is 9.59 Å². The van der Waals surface area contributed by atoms with Crippen molar-refractivity contribution in [2.75, 3.05) is 26.7 Å². The van der Waals surface area contributed by atoms with Gasteiger partial charge in [-0.15, -0.1) is 0 Å². The quantitative estimate of drug-likeness (QED) is 0.801. The second-order valence-electron chi connectivity index (χ2n) is 6.31. The summed E-state index contributed by atoms with van der Waals surface area (Å²) in [5.41, 5.74) is 0. The van der Waals surface area contributed by atoms with Gasteiger partial charge in [0, 0.05) is 13.1 Å². The zero-order chi connectivity index (χ0) is 14.2. The van der Waals surface area contributed by atoms with Crippen LogP contribution in [0.1, 0.15) is 27.2 Å². The van der Waals surface area contributed by atoms with Gasteiger partial charge in [0.25, 0.3) is 0 Å². The summed E-state index contributed by atoms with van der Waals surface area (Å²) in [5.74, 6) is 0.689. The van der Waals surface area contributed by atoms with Gasteiger partial charge in [0.2, 0.25) is 11.8 Å². The van der Waals surface area contributed by atoms with Crippen molar-refractivity contribution in [3.63, 3.8) is 0 Å². The van der Waals surface area contributed by atoms with Crippen molar-refractivity contribution >= 4 is 11.8 Å². The molecule has 0 aromatic heterocycles. The van der Waals surface area contributed by atoms with E-state index in [1.807, 2.05) is 20.8 Å². The molecule has 0 radical (unpaired) electrons. The lowest BCUT2D eigenvalue weighted by Crippen LogP contribution is -2.64. The van der Waals surface area contributed by atoms with Crippen LogP contribution in [0, 0.1) is 11.8 Å². The van der Waals surface area contributed by atoms with Crippen LogP contribution in [0.25, 0.3) is 0 Å². The van der Waals surface area contributed by atoms with Crippen molar-refractivity contribution in [2.24, 2.45) is 11.8 Å². The summed E-state index contributed by atoms with van der Waals surface area (Å²) >= 11 is 0. The van der Waals surface area contributed by atoms with Crippen LogP contribution < -0.4 is 5.32 Å². The van der Waals surface area contributed by atoms with E-state index in [1.165, 1.54) is 0 Å². The van der Waals surface area contributed by atoms with Gasteiger partial charge in [-0.3, -0.25) is 9.59 Å². The average molecular weight is 267 g/mol. The van der Waals surface area contributed by atoms with Crippen LogP contribution in [0.3, 0.4) is 0 Å². The highest BCUT2D eigenvalue weighted by Crippen LogP contribution is 2.21. The first kappa shape index (κ1) is 14.3. The highest BCUT2D eigenvalue weighted by Gasteiger charge is 2.40. The molecule has 0 aromatic carbocycles.